The van der Waals surface area contributed by atoms with Crippen LogP contribution in [0.1, 0.15) is 0 Å². The molecular formula is C6H12N4O. The van der Waals surface area contributed by atoms with Gasteiger partial charge in [0.25, 0.3) is 5.91 Å². The van der Waals surface area contributed by atoms with E-state index in [1.54, 1.807) is 7.05 Å². The summed E-state index contributed by atoms with van der Waals surface area (Å²) in [7, 11) is 3.58. The first-order valence-corrected chi connectivity index (χ1v) is 3.33. The highest BCUT2D eigenvalue weighted by Crippen LogP contribution is 2.03. The summed E-state index contributed by atoms with van der Waals surface area (Å²) in [6.45, 7) is 0.496. The molecule has 1 heterocycles. The predicted octanol–water partition coefficient (Wildman–Crippen LogP) is -1.65. The van der Waals surface area contributed by atoms with Crippen molar-refractivity contribution in [3.63, 3.8) is 0 Å². The van der Waals surface area contributed by atoms with Gasteiger partial charge in [-0.05, 0) is 0 Å². The van der Waals surface area contributed by atoms with Gasteiger partial charge in [-0.2, -0.15) is 0 Å². The number of nitrogens with one attached hydrogen (secondary N) is 2. The maximum absolute atomic E-state index is 10.9. The van der Waals surface area contributed by atoms with E-state index in [1.165, 1.54) is 0 Å². The van der Waals surface area contributed by atoms with E-state index in [2.05, 4.69) is 10.6 Å². The molecule has 1 aliphatic heterocycles. The Morgan fingerprint density at radius 2 is 2.36 bits per heavy atom. The minimum Gasteiger partial charge on any atom is -0.391 e. The largest absolute Gasteiger partial charge is 0.391 e. The molecule has 0 aromatic rings. The summed E-state index contributed by atoms with van der Waals surface area (Å²) < 4.78 is 0. The van der Waals surface area contributed by atoms with Crippen LogP contribution in [0.25, 0.3) is 0 Å². The molecule has 1 rings (SSSR count). The molecule has 0 fully saturated rings. The van der Waals surface area contributed by atoms with E-state index in [0.717, 1.165) is 0 Å². The molecule has 11 heavy (non-hydrogen) atoms. The highest BCUT2D eigenvalue weighted by Gasteiger charge is 2.19. The lowest BCUT2D eigenvalue weighted by molar-refractivity contribution is -0.119. The van der Waals surface area contributed by atoms with Crippen LogP contribution in [0.5, 0.6) is 0 Å². The van der Waals surface area contributed by atoms with Gasteiger partial charge in [0.15, 0.2) is 0 Å². The fourth-order valence-electron chi connectivity index (χ4n) is 1.00. The van der Waals surface area contributed by atoms with Crippen LogP contribution in [0.4, 0.5) is 0 Å². The zero-order valence-electron chi connectivity index (χ0n) is 6.64. The first kappa shape index (κ1) is 7.71. The van der Waals surface area contributed by atoms with E-state index in [0.29, 0.717) is 12.5 Å². The monoisotopic (exact) mass is 156 g/mol. The second-order valence-electron chi connectivity index (χ2n) is 2.37. The molecule has 0 spiro atoms. The molecule has 0 saturated heterocycles. The molecule has 62 valence electrons. The van der Waals surface area contributed by atoms with Crippen LogP contribution < -0.4 is 16.4 Å². The molecule has 0 aromatic carbocycles. The Kier molecular flexibility index (Phi) is 1.89. The lowest BCUT2D eigenvalue weighted by Crippen LogP contribution is -2.47. The van der Waals surface area contributed by atoms with Gasteiger partial charge >= 0.3 is 0 Å². The van der Waals surface area contributed by atoms with Crippen molar-refractivity contribution in [2.45, 2.75) is 0 Å². The minimum absolute atomic E-state index is 0.215. The number of rotatable bonds is 1. The highest BCUT2D eigenvalue weighted by atomic mass is 16.2. The zero-order chi connectivity index (χ0) is 8.43. The molecule has 1 aliphatic rings. The topological polar surface area (TPSA) is 70.4 Å². The van der Waals surface area contributed by atoms with Crippen LogP contribution in [-0.2, 0) is 4.79 Å². The summed E-state index contributed by atoms with van der Waals surface area (Å²) >= 11 is 0. The van der Waals surface area contributed by atoms with E-state index < -0.39 is 0 Å². The smallest absolute Gasteiger partial charge is 0.272 e. The number of carbonyl (C=O) groups excluding carboxylic acids is 1. The SMILES string of the molecule is CNC1=C(N)C(=O)NCN1C. The Morgan fingerprint density at radius 3 is 2.82 bits per heavy atom. The molecule has 4 N–H and O–H groups in total. The van der Waals surface area contributed by atoms with E-state index in [1.807, 2.05) is 11.9 Å². The van der Waals surface area contributed by atoms with Crippen molar-refractivity contribution in [2.75, 3.05) is 20.8 Å². The second kappa shape index (κ2) is 2.69. The Morgan fingerprint density at radius 1 is 1.73 bits per heavy atom. The molecule has 0 saturated carbocycles. The van der Waals surface area contributed by atoms with Crippen LogP contribution in [-0.4, -0.2) is 31.6 Å². The zero-order valence-corrected chi connectivity index (χ0v) is 6.64. The fourth-order valence-corrected chi connectivity index (χ4v) is 1.00. The van der Waals surface area contributed by atoms with Gasteiger partial charge < -0.3 is 21.3 Å². The van der Waals surface area contributed by atoms with Crippen LogP contribution in [0.15, 0.2) is 11.5 Å². The number of nitrogens with two attached hydrogens (primary N) is 1. The Balaban J connectivity index is 2.93. The van der Waals surface area contributed by atoms with Gasteiger partial charge in [0.2, 0.25) is 0 Å². The van der Waals surface area contributed by atoms with Crippen molar-refractivity contribution in [1.82, 2.24) is 15.5 Å². The normalized spacial score (nSPS) is 18.4. The number of carbonyl (C=O) groups is 1. The Labute approximate surface area is 65.2 Å². The van der Waals surface area contributed by atoms with Crippen LogP contribution in [0.2, 0.25) is 0 Å². The van der Waals surface area contributed by atoms with Crippen molar-refractivity contribution in [1.29, 1.82) is 0 Å². The summed E-state index contributed by atoms with van der Waals surface area (Å²) in [5.41, 5.74) is 5.72. The molecule has 0 aliphatic carbocycles. The summed E-state index contributed by atoms with van der Waals surface area (Å²) in [6, 6.07) is 0. The standard InChI is InChI=1S/C6H12N4O/c1-8-5-4(7)6(11)9-3-10(5)2/h8H,3,7H2,1-2H3,(H,9,11). The van der Waals surface area contributed by atoms with Crippen molar-refractivity contribution in [3.8, 4) is 0 Å². The summed E-state index contributed by atoms with van der Waals surface area (Å²) in [4.78, 5) is 12.8. The van der Waals surface area contributed by atoms with Gasteiger partial charge in [0.05, 0.1) is 6.67 Å². The molecule has 5 heteroatoms. The number of hydrogen-bond donors (Lipinski definition) is 3. The van der Waals surface area contributed by atoms with Gasteiger partial charge in [-0.1, -0.05) is 0 Å². The molecular weight excluding hydrogens is 144 g/mol. The van der Waals surface area contributed by atoms with Crippen LogP contribution >= 0.6 is 0 Å². The molecule has 0 aromatic heterocycles. The summed E-state index contributed by atoms with van der Waals surface area (Å²) in [5, 5.41) is 5.46. The van der Waals surface area contributed by atoms with Crippen molar-refractivity contribution in [3.05, 3.63) is 11.5 Å². The molecule has 5 nitrogen and oxygen atoms in total. The summed E-state index contributed by atoms with van der Waals surface area (Å²) in [5.74, 6) is 0.459. The van der Waals surface area contributed by atoms with E-state index in [9.17, 15) is 4.79 Å². The number of nitrogens with zero attached hydrogens (tertiary/aromatic N) is 1. The highest BCUT2D eigenvalue weighted by molar-refractivity contribution is 5.93. The average molecular weight is 156 g/mol. The first-order chi connectivity index (χ1) is 5.16. The quantitative estimate of drug-likeness (QED) is 0.425. The van der Waals surface area contributed by atoms with Gasteiger partial charge in [-0.25, -0.2) is 0 Å². The number of amides is 1. The molecule has 0 atom stereocenters. The molecule has 0 unspecified atom stereocenters. The maximum atomic E-state index is 10.9. The van der Waals surface area contributed by atoms with Crippen molar-refractivity contribution in [2.24, 2.45) is 5.73 Å². The third-order valence-corrected chi connectivity index (χ3v) is 1.60. The third kappa shape index (κ3) is 1.21. The second-order valence-corrected chi connectivity index (χ2v) is 2.37. The maximum Gasteiger partial charge on any atom is 0.272 e. The van der Waals surface area contributed by atoms with E-state index >= 15 is 0 Å². The molecule has 0 bridgehead atoms. The Hall–Kier alpha value is -1.39. The van der Waals surface area contributed by atoms with Gasteiger partial charge in [-0.15, -0.1) is 0 Å². The Bertz CT molecular complexity index is 211. The third-order valence-electron chi connectivity index (χ3n) is 1.60. The van der Waals surface area contributed by atoms with E-state index in [-0.39, 0.29) is 11.6 Å². The van der Waals surface area contributed by atoms with Gasteiger partial charge in [0.1, 0.15) is 11.5 Å². The van der Waals surface area contributed by atoms with Crippen molar-refractivity contribution < 1.29 is 4.79 Å². The van der Waals surface area contributed by atoms with Crippen LogP contribution in [0, 0.1) is 0 Å². The van der Waals surface area contributed by atoms with Crippen molar-refractivity contribution >= 4 is 5.91 Å². The molecule has 0 radical (unpaired) electrons. The van der Waals surface area contributed by atoms with Gasteiger partial charge in [-0.3, -0.25) is 4.79 Å². The van der Waals surface area contributed by atoms with E-state index in [4.69, 9.17) is 5.73 Å². The fraction of sp³-hybridized carbons (Fsp3) is 0.500. The number of hydrogen-bond acceptors (Lipinski definition) is 4. The van der Waals surface area contributed by atoms with Gasteiger partial charge in [0, 0.05) is 14.1 Å². The predicted molar refractivity (Wildman–Crippen MR) is 41.0 cm³/mol. The molecule has 1 amide bonds. The lowest BCUT2D eigenvalue weighted by atomic mass is 10.3. The summed E-state index contributed by atoms with van der Waals surface area (Å²) in [6.07, 6.45) is 0. The first-order valence-electron chi connectivity index (χ1n) is 3.33. The van der Waals surface area contributed by atoms with Crippen LogP contribution in [0.3, 0.4) is 0 Å². The minimum atomic E-state index is -0.215. The lowest BCUT2D eigenvalue weighted by Gasteiger charge is -2.28. The average Bonchev–Trinajstić information content (AvgIpc) is 1.99.